The molecular formula is C14H27NO4. The quantitative estimate of drug-likeness (QED) is 0.745. The minimum absolute atomic E-state index is 0.0525. The van der Waals surface area contributed by atoms with E-state index in [9.17, 15) is 9.59 Å². The number of ether oxygens (including phenoxy) is 1. The van der Waals surface area contributed by atoms with Gasteiger partial charge in [0.15, 0.2) is 0 Å². The maximum absolute atomic E-state index is 12.2. The SMILES string of the molecule is CCC(C)(OC)C(=O)NC(CC(=O)O)CC(C)(C)C. The van der Waals surface area contributed by atoms with E-state index >= 15 is 0 Å². The number of rotatable bonds is 7. The number of hydrogen-bond donors (Lipinski definition) is 2. The van der Waals surface area contributed by atoms with E-state index in [1.54, 1.807) is 6.92 Å². The van der Waals surface area contributed by atoms with E-state index in [0.29, 0.717) is 12.8 Å². The van der Waals surface area contributed by atoms with E-state index in [1.165, 1.54) is 7.11 Å². The molecular weight excluding hydrogens is 246 g/mol. The first-order valence-corrected chi connectivity index (χ1v) is 6.62. The van der Waals surface area contributed by atoms with Crippen LogP contribution in [0.1, 0.15) is 53.9 Å². The molecule has 0 bridgehead atoms. The van der Waals surface area contributed by atoms with Gasteiger partial charge in [-0.1, -0.05) is 27.7 Å². The second-order valence-electron chi connectivity index (χ2n) is 6.32. The molecule has 2 N–H and O–H groups in total. The lowest BCUT2D eigenvalue weighted by Crippen LogP contribution is -2.50. The van der Waals surface area contributed by atoms with Crippen LogP contribution in [0.25, 0.3) is 0 Å². The molecule has 2 atom stereocenters. The van der Waals surface area contributed by atoms with Crippen molar-refractivity contribution >= 4 is 11.9 Å². The first-order valence-electron chi connectivity index (χ1n) is 6.62. The maximum atomic E-state index is 12.2. The molecule has 0 heterocycles. The van der Waals surface area contributed by atoms with E-state index in [-0.39, 0.29) is 23.8 Å². The average molecular weight is 273 g/mol. The van der Waals surface area contributed by atoms with Gasteiger partial charge in [0, 0.05) is 13.2 Å². The molecule has 0 aliphatic carbocycles. The van der Waals surface area contributed by atoms with E-state index < -0.39 is 11.6 Å². The van der Waals surface area contributed by atoms with Gasteiger partial charge in [-0.3, -0.25) is 9.59 Å². The number of aliphatic carboxylic acids is 1. The first-order chi connectivity index (χ1) is 8.54. The molecule has 0 fully saturated rings. The predicted molar refractivity (Wildman–Crippen MR) is 74.0 cm³/mol. The molecule has 112 valence electrons. The molecule has 2 unspecified atom stereocenters. The van der Waals surface area contributed by atoms with Crippen LogP contribution in [0.3, 0.4) is 0 Å². The third-order valence-corrected chi connectivity index (χ3v) is 3.22. The number of carboxylic acids is 1. The van der Waals surface area contributed by atoms with Gasteiger partial charge in [0.05, 0.1) is 6.42 Å². The van der Waals surface area contributed by atoms with Crippen LogP contribution in [0.5, 0.6) is 0 Å². The molecule has 0 saturated carbocycles. The summed E-state index contributed by atoms with van der Waals surface area (Å²) in [6.45, 7) is 9.62. The molecule has 0 aliphatic heterocycles. The lowest BCUT2D eigenvalue weighted by atomic mass is 9.86. The Kier molecular flexibility index (Phi) is 6.49. The first kappa shape index (κ1) is 17.9. The smallest absolute Gasteiger partial charge is 0.305 e. The van der Waals surface area contributed by atoms with E-state index in [0.717, 1.165) is 0 Å². The topological polar surface area (TPSA) is 75.6 Å². The molecule has 0 aliphatic rings. The van der Waals surface area contributed by atoms with Crippen LogP contribution >= 0.6 is 0 Å². The molecule has 0 aromatic carbocycles. The van der Waals surface area contributed by atoms with Crippen LogP contribution in [-0.4, -0.2) is 35.7 Å². The number of carboxylic acid groups (broad SMARTS) is 1. The Hall–Kier alpha value is -1.10. The maximum Gasteiger partial charge on any atom is 0.305 e. The summed E-state index contributed by atoms with van der Waals surface area (Å²) in [5.41, 5.74) is -0.961. The van der Waals surface area contributed by atoms with Gasteiger partial charge in [0.2, 0.25) is 0 Å². The van der Waals surface area contributed by atoms with E-state index in [4.69, 9.17) is 9.84 Å². The number of hydrogen-bond acceptors (Lipinski definition) is 3. The van der Waals surface area contributed by atoms with Crippen molar-refractivity contribution in [2.75, 3.05) is 7.11 Å². The summed E-state index contributed by atoms with van der Waals surface area (Å²) in [5, 5.41) is 11.7. The normalized spacial score (nSPS) is 16.5. The van der Waals surface area contributed by atoms with Crippen LogP contribution in [0.15, 0.2) is 0 Å². The second kappa shape index (κ2) is 6.89. The fraction of sp³-hybridized carbons (Fsp3) is 0.857. The van der Waals surface area contributed by atoms with Crippen molar-refractivity contribution in [3.8, 4) is 0 Å². The molecule has 0 rings (SSSR count). The van der Waals surface area contributed by atoms with Crippen molar-refractivity contribution in [3.05, 3.63) is 0 Å². The zero-order valence-corrected chi connectivity index (χ0v) is 12.9. The Morgan fingerprint density at radius 1 is 1.26 bits per heavy atom. The summed E-state index contributed by atoms with van der Waals surface area (Å²) in [4.78, 5) is 23.1. The number of carbonyl (C=O) groups excluding carboxylic acids is 1. The largest absolute Gasteiger partial charge is 0.481 e. The highest BCUT2D eigenvalue weighted by molar-refractivity contribution is 5.85. The number of carbonyl (C=O) groups is 2. The van der Waals surface area contributed by atoms with Crippen molar-refractivity contribution in [3.63, 3.8) is 0 Å². The summed E-state index contributed by atoms with van der Waals surface area (Å²) in [6.07, 6.45) is 1.06. The minimum Gasteiger partial charge on any atom is -0.481 e. The van der Waals surface area contributed by atoms with Gasteiger partial charge in [-0.2, -0.15) is 0 Å². The molecule has 19 heavy (non-hydrogen) atoms. The zero-order valence-electron chi connectivity index (χ0n) is 12.9. The Morgan fingerprint density at radius 2 is 1.79 bits per heavy atom. The summed E-state index contributed by atoms with van der Waals surface area (Å²) in [7, 11) is 1.49. The van der Waals surface area contributed by atoms with Gasteiger partial charge in [-0.15, -0.1) is 0 Å². The summed E-state index contributed by atoms with van der Waals surface area (Å²) in [5.74, 6) is -1.17. The van der Waals surface area contributed by atoms with E-state index in [1.807, 2.05) is 27.7 Å². The van der Waals surface area contributed by atoms with Gasteiger partial charge < -0.3 is 15.2 Å². The average Bonchev–Trinajstić information content (AvgIpc) is 2.24. The molecule has 0 radical (unpaired) electrons. The molecule has 0 aromatic heterocycles. The van der Waals surface area contributed by atoms with Gasteiger partial charge >= 0.3 is 5.97 Å². The highest BCUT2D eigenvalue weighted by Gasteiger charge is 2.33. The number of nitrogens with one attached hydrogen (secondary N) is 1. The molecule has 1 amide bonds. The van der Waals surface area contributed by atoms with Crippen LogP contribution in [0.2, 0.25) is 0 Å². The van der Waals surface area contributed by atoms with Crippen molar-refractivity contribution < 1.29 is 19.4 Å². The minimum atomic E-state index is -0.912. The highest BCUT2D eigenvalue weighted by atomic mass is 16.5. The molecule has 0 spiro atoms. The Bertz CT molecular complexity index is 316. The van der Waals surface area contributed by atoms with E-state index in [2.05, 4.69) is 5.32 Å². The standard InChI is InChI=1S/C14H27NO4/c1-7-14(5,19-6)12(18)15-10(8-11(16)17)9-13(2,3)4/h10H,7-9H2,1-6H3,(H,15,18)(H,16,17). The summed E-state index contributed by atoms with van der Waals surface area (Å²) in [6, 6.07) is -0.383. The Morgan fingerprint density at radius 3 is 2.11 bits per heavy atom. The van der Waals surface area contributed by atoms with Gasteiger partial charge in [-0.05, 0) is 25.2 Å². The van der Waals surface area contributed by atoms with Gasteiger partial charge in [0.1, 0.15) is 5.60 Å². The lowest BCUT2D eigenvalue weighted by Gasteiger charge is -2.31. The fourth-order valence-electron chi connectivity index (χ4n) is 1.86. The number of amides is 1. The molecule has 5 nitrogen and oxygen atoms in total. The Labute approximate surface area is 115 Å². The van der Waals surface area contributed by atoms with Crippen molar-refractivity contribution in [2.24, 2.45) is 5.41 Å². The molecule has 0 saturated heterocycles. The monoisotopic (exact) mass is 273 g/mol. The molecule has 0 aromatic rings. The number of methoxy groups -OCH3 is 1. The predicted octanol–water partition coefficient (Wildman–Crippen LogP) is 2.20. The lowest BCUT2D eigenvalue weighted by molar-refractivity contribution is -0.144. The van der Waals surface area contributed by atoms with Crippen LogP contribution in [0.4, 0.5) is 0 Å². The summed E-state index contributed by atoms with van der Waals surface area (Å²) >= 11 is 0. The Balaban J connectivity index is 4.81. The van der Waals surface area contributed by atoms with Crippen molar-refractivity contribution in [1.82, 2.24) is 5.32 Å². The zero-order chi connectivity index (χ0) is 15.3. The van der Waals surface area contributed by atoms with Crippen molar-refractivity contribution in [2.45, 2.75) is 65.5 Å². The van der Waals surface area contributed by atoms with Crippen LogP contribution in [0, 0.1) is 5.41 Å². The van der Waals surface area contributed by atoms with Crippen LogP contribution < -0.4 is 5.32 Å². The van der Waals surface area contributed by atoms with Crippen LogP contribution in [-0.2, 0) is 14.3 Å². The van der Waals surface area contributed by atoms with Crippen molar-refractivity contribution in [1.29, 1.82) is 0 Å². The van der Waals surface area contributed by atoms with Gasteiger partial charge in [0.25, 0.3) is 5.91 Å². The van der Waals surface area contributed by atoms with Gasteiger partial charge in [-0.25, -0.2) is 0 Å². The summed E-state index contributed by atoms with van der Waals surface area (Å²) < 4.78 is 5.23. The highest BCUT2D eigenvalue weighted by Crippen LogP contribution is 2.23. The third kappa shape index (κ3) is 6.57. The second-order valence-corrected chi connectivity index (χ2v) is 6.32. The molecule has 5 heteroatoms. The fourth-order valence-corrected chi connectivity index (χ4v) is 1.86. The third-order valence-electron chi connectivity index (χ3n) is 3.22.